The molecule has 0 aliphatic rings. The summed E-state index contributed by atoms with van der Waals surface area (Å²) in [4.78, 5) is 28.2. The van der Waals surface area contributed by atoms with Gasteiger partial charge in [0, 0.05) is 19.2 Å². The summed E-state index contributed by atoms with van der Waals surface area (Å²) in [6.07, 6.45) is 3.78. The van der Waals surface area contributed by atoms with E-state index >= 15 is 0 Å². The molecule has 0 aliphatic heterocycles. The Morgan fingerprint density at radius 3 is 2.47 bits per heavy atom. The van der Waals surface area contributed by atoms with Crippen LogP contribution in [0.5, 0.6) is 0 Å². The monoisotopic (exact) mass is 473 g/mol. The van der Waals surface area contributed by atoms with E-state index in [1.165, 1.54) is 0 Å². The highest BCUT2D eigenvalue weighted by atomic mass is 32.2. The second-order valence-corrected chi connectivity index (χ2v) is 10.3. The number of amides is 1. The van der Waals surface area contributed by atoms with Gasteiger partial charge < -0.3 is 10.3 Å². The molecule has 170 valence electrons. The number of para-hydroxylation sites is 1. The number of nitrogens with zero attached hydrogens (tertiary/aromatic N) is 1. The third-order valence-electron chi connectivity index (χ3n) is 5.36. The summed E-state index contributed by atoms with van der Waals surface area (Å²) in [5.74, 6) is -0.0650. The largest absolute Gasteiger partial charge is 0.350 e. The number of aromatic nitrogens is 2. The molecular formula is C23H27N3O4S2. The fourth-order valence-electron chi connectivity index (χ4n) is 3.53. The lowest BCUT2D eigenvalue weighted by Gasteiger charge is -2.15. The molecule has 7 nitrogen and oxygen atoms in total. The van der Waals surface area contributed by atoms with Crippen LogP contribution in [0.25, 0.3) is 10.9 Å². The lowest BCUT2D eigenvalue weighted by Crippen LogP contribution is -2.26. The van der Waals surface area contributed by atoms with Crippen LogP contribution in [0.15, 0.2) is 58.2 Å². The molecule has 9 heteroatoms. The number of carbonyl (C=O) groups excluding carboxylic acids is 1. The second-order valence-electron chi connectivity index (χ2n) is 7.87. The van der Waals surface area contributed by atoms with Crippen LogP contribution in [0.4, 0.5) is 0 Å². The van der Waals surface area contributed by atoms with Crippen molar-refractivity contribution in [2.24, 2.45) is 0 Å². The number of carbonyl (C=O) groups is 1. The smallest absolute Gasteiger partial charge is 0.262 e. The predicted molar refractivity (Wildman–Crippen MR) is 128 cm³/mol. The van der Waals surface area contributed by atoms with Crippen LogP contribution in [0.2, 0.25) is 0 Å². The van der Waals surface area contributed by atoms with Gasteiger partial charge in [-0.3, -0.25) is 14.2 Å². The number of nitrogens with one attached hydrogen (secondary N) is 2. The Bertz CT molecular complexity index is 1330. The Morgan fingerprint density at radius 1 is 1.09 bits per heavy atom. The molecular weight excluding hydrogens is 446 g/mol. The number of hydrogen-bond acceptors (Lipinski definition) is 5. The van der Waals surface area contributed by atoms with E-state index in [1.807, 2.05) is 25.1 Å². The first-order valence-corrected chi connectivity index (χ1v) is 12.8. The Hall–Kier alpha value is -2.78. The molecule has 0 bridgehead atoms. The molecule has 2 aromatic carbocycles. The molecule has 0 radical (unpaired) electrons. The molecule has 2 N–H and O–H groups in total. The van der Waals surface area contributed by atoms with Gasteiger partial charge in [-0.25, -0.2) is 8.42 Å². The minimum Gasteiger partial charge on any atom is -0.350 e. The summed E-state index contributed by atoms with van der Waals surface area (Å²) in [5, 5.41) is 3.55. The molecule has 1 atom stereocenters. The van der Waals surface area contributed by atoms with E-state index in [1.54, 1.807) is 34.9 Å². The lowest BCUT2D eigenvalue weighted by atomic mass is 10.1. The van der Waals surface area contributed by atoms with E-state index < -0.39 is 9.84 Å². The Morgan fingerprint density at radius 2 is 1.78 bits per heavy atom. The molecule has 1 unspecified atom stereocenters. The molecule has 0 saturated carbocycles. The molecule has 3 aromatic rings. The van der Waals surface area contributed by atoms with E-state index in [0.717, 1.165) is 30.2 Å². The molecule has 32 heavy (non-hydrogen) atoms. The Labute approximate surface area is 192 Å². The summed E-state index contributed by atoms with van der Waals surface area (Å²) in [6.45, 7) is 2.37. The normalized spacial score (nSPS) is 12.6. The third-order valence-corrected chi connectivity index (χ3v) is 6.81. The number of sulfone groups is 1. The van der Waals surface area contributed by atoms with Crippen molar-refractivity contribution >= 4 is 38.9 Å². The van der Waals surface area contributed by atoms with E-state index in [-0.39, 0.29) is 22.4 Å². The Kier molecular flexibility index (Phi) is 7.63. The van der Waals surface area contributed by atoms with Gasteiger partial charge in [-0.05, 0) is 61.8 Å². The van der Waals surface area contributed by atoms with Crippen molar-refractivity contribution in [3.8, 4) is 0 Å². The summed E-state index contributed by atoms with van der Waals surface area (Å²) >= 11 is 5.32. The average Bonchev–Trinajstić information content (AvgIpc) is 2.75. The topological polar surface area (TPSA) is 101 Å². The van der Waals surface area contributed by atoms with Gasteiger partial charge in [0.1, 0.15) is 0 Å². The fraction of sp³-hybridized carbons (Fsp3) is 0.348. The van der Waals surface area contributed by atoms with Crippen LogP contribution in [0, 0.1) is 4.77 Å². The van der Waals surface area contributed by atoms with Crippen molar-refractivity contribution in [2.45, 2.75) is 50.1 Å². The minimum atomic E-state index is -3.24. The summed E-state index contributed by atoms with van der Waals surface area (Å²) in [6, 6.07) is 13.6. The molecule has 0 aliphatic carbocycles. The van der Waals surface area contributed by atoms with Crippen molar-refractivity contribution in [1.29, 1.82) is 0 Å². The molecule has 1 heterocycles. The average molecular weight is 474 g/mol. The third kappa shape index (κ3) is 5.92. The zero-order chi connectivity index (χ0) is 23.3. The van der Waals surface area contributed by atoms with Crippen LogP contribution in [0.1, 0.15) is 44.2 Å². The zero-order valence-electron chi connectivity index (χ0n) is 18.1. The van der Waals surface area contributed by atoms with Gasteiger partial charge in [0.2, 0.25) is 5.91 Å². The quantitative estimate of drug-likeness (QED) is 0.363. The minimum absolute atomic E-state index is 0.0650. The molecule has 1 amide bonds. The maximum absolute atomic E-state index is 12.6. The van der Waals surface area contributed by atoms with Gasteiger partial charge in [0.05, 0.1) is 21.8 Å². The van der Waals surface area contributed by atoms with E-state index in [0.29, 0.717) is 29.5 Å². The zero-order valence-corrected chi connectivity index (χ0v) is 19.8. The van der Waals surface area contributed by atoms with Crippen LogP contribution >= 0.6 is 12.2 Å². The van der Waals surface area contributed by atoms with Gasteiger partial charge in [0.25, 0.3) is 5.56 Å². The predicted octanol–water partition coefficient (Wildman–Crippen LogP) is 3.90. The van der Waals surface area contributed by atoms with Crippen LogP contribution in [-0.4, -0.2) is 30.1 Å². The maximum atomic E-state index is 12.6. The Balaban J connectivity index is 1.46. The van der Waals surface area contributed by atoms with Crippen molar-refractivity contribution < 1.29 is 13.2 Å². The van der Waals surface area contributed by atoms with Gasteiger partial charge >= 0.3 is 0 Å². The van der Waals surface area contributed by atoms with Gasteiger partial charge in [0.15, 0.2) is 14.6 Å². The van der Waals surface area contributed by atoms with Crippen molar-refractivity contribution in [2.75, 3.05) is 6.26 Å². The van der Waals surface area contributed by atoms with Gasteiger partial charge in [-0.1, -0.05) is 30.7 Å². The second kappa shape index (κ2) is 10.2. The summed E-state index contributed by atoms with van der Waals surface area (Å²) in [7, 11) is -3.24. The standard InChI is InChI=1S/C23H27N3O4S2/c1-16(17-11-13-18(14-12-17)32(2,29)30)24-21(27)10-4-3-7-15-26-22(28)19-8-5-6-9-20(19)25-23(26)31/h5-6,8-9,11-14,16H,3-4,7,10,15H2,1-2H3,(H,24,27)(H,25,31). The number of H-pyrrole nitrogens is 1. The molecule has 1 aromatic heterocycles. The molecule has 0 fully saturated rings. The fourth-order valence-corrected chi connectivity index (χ4v) is 4.45. The number of rotatable bonds is 9. The first kappa shape index (κ1) is 23.9. The van der Waals surface area contributed by atoms with E-state index in [2.05, 4.69) is 10.3 Å². The number of hydrogen-bond donors (Lipinski definition) is 2. The number of fused-ring (bicyclic) bond motifs is 1. The first-order valence-electron chi connectivity index (χ1n) is 10.5. The van der Waals surface area contributed by atoms with Gasteiger partial charge in [-0.15, -0.1) is 0 Å². The maximum Gasteiger partial charge on any atom is 0.262 e. The summed E-state index contributed by atoms with van der Waals surface area (Å²) < 4.78 is 25.1. The first-order chi connectivity index (χ1) is 15.2. The van der Waals surface area contributed by atoms with Gasteiger partial charge in [-0.2, -0.15) is 0 Å². The lowest BCUT2D eigenvalue weighted by molar-refractivity contribution is -0.121. The van der Waals surface area contributed by atoms with Crippen molar-refractivity contribution in [3.05, 3.63) is 69.2 Å². The van der Waals surface area contributed by atoms with Crippen LogP contribution in [-0.2, 0) is 21.2 Å². The highest BCUT2D eigenvalue weighted by Crippen LogP contribution is 2.16. The number of aromatic amines is 1. The highest BCUT2D eigenvalue weighted by Gasteiger charge is 2.12. The van der Waals surface area contributed by atoms with Crippen LogP contribution < -0.4 is 10.9 Å². The molecule has 3 rings (SSSR count). The van der Waals surface area contributed by atoms with E-state index in [4.69, 9.17) is 12.2 Å². The van der Waals surface area contributed by atoms with Crippen LogP contribution in [0.3, 0.4) is 0 Å². The van der Waals surface area contributed by atoms with Crippen molar-refractivity contribution in [3.63, 3.8) is 0 Å². The SMILES string of the molecule is CC(NC(=O)CCCCCn1c(=S)[nH]c2ccccc2c1=O)c1ccc(S(C)(=O)=O)cc1. The van der Waals surface area contributed by atoms with Crippen molar-refractivity contribution in [1.82, 2.24) is 14.9 Å². The number of benzene rings is 2. The highest BCUT2D eigenvalue weighted by molar-refractivity contribution is 7.90. The molecule has 0 saturated heterocycles. The number of unbranched alkanes of at least 4 members (excludes halogenated alkanes) is 2. The molecule has 0 spiro atoms. The van der Waals surface area contributed by atoms with E-state index in [9.17, 15) is 18.0 Å². The summed E-state index contributed by atoms with van der Waals surface area (Å²) in [5.41, 5.74) is 1.48.